The molecule has 0 spiro atoms. The third-order valence-electron chi connectivity index (χ3n) is 8.32. The van der Waals surface area contributed by atoms with E-state index >= 15 is 4.39 Å². The number of pyridine rings is 1. The molecule has 0 bridgehead atoms. The summed E-state index contributed by atoms with van der Waals surface area (Å²) in [6.45, 7) is 16.5. The SMILES string of the molecule is CCOC(=O)c1cn([C@H](CCC(C)(C)[Si](C)(C)O)C(C)(C)C)c2ccc(Cc3cccc(CI)c3F)cc2c1=O. The average Bonchev–Trinajstić information content (AvgIpc) is 2.85. The zero-order valence-electron chi connectivity index (χ0n) is 25.0. The Morgan fingerprint density at radius 1 is 1.12 bits per heavy atom. The molecule has 1 N–H and O–H groups in total. The van der Waals surface area contributed by atoms with Crippen LogP contribution in [0.1, 0.15) is 87.5 Å². The van der Waals surface area contributed by atoms with Crippen molar-refractivity contribution in [3.05, 3.63) is 80.9 Å². The van der Waals surface area contributed by atoms with Gasteiger partial charge in [0.25, 0.3) is 0 Å². The predicted octanol–water partition coefficient (Wildman–Crippen LogP) is 8.19. The second kappa shape index (κ2) is 12.4. The molecule has 0 unspecified atom stereocenters. The fraction of sp³-hybridized carbons (Fsp3) is 0.500. The summed E-state index contributed by atoms with van der Waals surface area (Å²) in [4.78, 5) is 37.6. The van der Waals surface area contributed by atoms with Gasteiger partial charge < -0.3 is 14.1 Å². The average molecular weight is 680 g/mol. The quantitative estimate of drug-likeness (QED) is 0.102. The fourth-order valence-electron chi connectivity index (χ4n) is 5.01. The fourth-order valence-corrected chi connectivity index (χ4v) is 6.36. The summed E-state index contributed by atoms with van der Waals surface area (Å²) in [6.07, 6.45) is 3.53. The molecule has 218 valence electrons. The Bertz CT molecular complexity index is 1440. The lowest BCUT2D eigenvalue weighted by Gasteiger charge is -2.40. The molecule has 1 heterocycles. The molecule has 0 saturated heterocycles. The van der Waals surface area contributed by atoms with Crippen LogP contribution in [0.3, 0.4) is 0 Å². The van der Waals surface area contributed by atoms with Gasteiger partial charge in [0.1, 0.15) is 11.4 Å². The highest BCUT2D eigenvalue weighted by Gasteiger charge is 2.39. The molecule has 0 amide bonds. The Kier molecular flexibility index (Phi) is 10.1. The van der Waals surface area contributed by atoms with Crippen molar-refractivity contribution in [2.45, 2.75) is 89.4 Å². The van der Waals surface area contributed by atoms with Gasteiger partial charge in [-0.1, -0.05) is 81.5 Å². The van der Waals surface area contributed by atoms with E-state index in [0.29, 0.717) is 27.4 Å². The molecule has 5 nitrogen and oxygen atoms in total. The molecular weight excluding hydrogens is 636 g/mol. The minimum absolute atomic E-state index is 0.00466. The van der Waals surface area contributed by atoms with Gasteiger partial charge in [0, 0.05) is 28.5 Å². The van der Waals surface area contributed by atoms with Gasteiger partial charge in [-0.05, 0) is 72.1 Å². The largest absolute Gasteiger partial charge is 0.462 e. The van der Waals surface area contributed by atoms with Gasteiger partial charge in [0.05, 0.1) is 12.1 Å². The van der Waals surface area contributed by atoms with Gasteiger partial charge in [-0.2, -0.15) is 0 Å². The van der Waals surface area contributed by atoms with Crippen molar-refractivity contribution in [1.82, 2.24) is 4.57 Å². The summed E-state index contributed by atoms with van der Waals surface area (Å²) < 4.78 is 22.9. The lowest BCUT2D eigenvalue weighted by molar-refractivity contribution is 0.0523. The Hall–Kier alpha value is -2.04. The summed E-state index contributed by atoms with van der Waals surface area (Å²) in [5.41, 5.74) is 2.13. The van der Waals surface area contributed by atoms with Crippen molar-refractivity contribution in [2.24, 2.45) is 5.41 Å². The maximum atomic E-state index is 15.0. The second-order valence-electron chi connectivity index (χ2n) is 12.9. The summed E-state index contributed by atoms with van der Waals surface area (Å²) in [6, 6.07) is 11.0. The Morgan fingerprint density at radius 3 is 2.35 bits per heavy atom. The van der Waals surface area contributed by atoms with Crippen LogP contribution in [-0.2, 0) is 15.6 Å². The van der Waals surface area contributed by atoms with E-state index in [1.807, 2.05) is 35.9 Å². The number of alkyl halides is 1. The van der Waals surface area contributed by atoms with E-state index in [4.69, 9.17) is 4.74 Å². The van der Waals surface area contributed by atoms with Crippen LogP contribution in [0.15, 0.2) is 47.4 Å². The van der Waals surface area contributed by atoms with Gasteiger partial charge in [0.15, 0.2) is 8.32 Å². The topological polar surface area (TPSA) is 68.5 Å². The van der Waals surface area contributed by atoms with Crippen molar-refractivity contribution in [3.8, 4) is 0 Å². The van der Waals surface area contributed by atoms with Crippen molar-refractivity contribution in [1.29, 1.82) is 0 Å². The minimum Gasteiger partial charge on any atom is -0.462 e. The van der Waals surface area contributed by atoms with Gasteiger partial charge in [0.2, 0.25) is 5.43 Å². The van der Waals surface area contributed by atoms with E-state index < -0.39 is 14.3 Å². The third-order valence-corrected chi connectivity index (χ3v) is 12.7. The number of rotatable bonds is 10. The molecule has 1 atom stereocenters. The number of benzene rings is 2. The predicted molar refractivity (Wildman–Crippen MR) is 173 cm³/mol. The number of nitrogens with zero attached hydrogens (tertiary/aromatic N) is 1. The highest BCUT2D eigenvalue weighted by Crippen LogP contribution is 2.45. The normalized spacial score (nSPS) is 13.5. The maximum Gasteiger partial charge on any atom is 0.343 e. The first-order valence-corrected chi connectivity index (χ1v) is 18.4. The highest BCUT2D eigenvalue weighted by atomic mass is 127. The highest BCUT2D eigenvalue weighted by molar-refractivity contribution is 14.1. The van der Waals surface area contributed by atoms with Gasteiger partial charge in [-0.15, -0.1) is 0 Å². The number of hydrogen-bond acceptors (Lipinski definition) is 4. The van der Waals surface area contributed by atoms with E-state index in [1.54, 1.807) is 31.3 Å². The number of aromatic nitrogens is 1. The first-order valence-electron chi connectivity index (χ1n) is 13.9. The minimum atomic E-state index is -2.43. The smallest absolute Gasteiger partial charge is 0.343 e. The Balaban J connectivity index is 2.21. The van der Waals surface area contributed by atoms with Crippen molar-refractivity contribution in [3.63, 3.8) is 0 Å². The van der Waals surface area contributed by atoms with Crippen LogP contribution in [0, 0.1) is 11.2 Å². The number of ether oxygens (including phenoxy) is 1. The zero-order chi connectivity index (χ0) is 30.0. The lowest BCUT2D eigenvalue weighted by atomic mass is 9.82. The maximum absolute atomic E-state index is 15.0. The van der Waals surface area contributed by atoms with Crippen molar-refractivity contribution >= 4 is 47.8 Å². The van der Waals surface area contributed by atoms with Crippen LogP contribution in [-0.4, -0.2) is 30.3 Å². The number of carbonyl (C=O) groups excluding carboxylic acids is 1. The van der Waals surface area contributed by atoms with Crippen LogP contribution < -0.4 is 5.43 Å². The van der Waals surface area contributed by atoms with Crippen LogP contribution >= 0.6 is 22.6 Å². The van der Waals surface area contributed by atoms with E-state index in [1.165, 1.54) is 0 Å². The van der Waals surface area contributed by atoms with Crippen LogP contribution in [0.4, 0.5) is 4.39 Å². The van der Waals surface area contributed by atoms with Gasteiger partial charge >= 0.3 is 5.97 Å². The van der Waals surface area contributed by atoms with E-state index in [0.717, 1.165) is 23.9 Å². The molecule has 0 radical (unpaired) electrons. The zero-order valence-corrected chi connectivity index (χ0v) is 28.2. The summed E-state index contributed by atoms with van der Waals surface area (Å²) in [5.74, 6) is -0.869. The molecule has 0 fully saturated rings. The summed E-state index contributed by atoms with van der Waals surface area (Å²) in [5, 5.41) is 0.192. The number of carbonyl (C=O) groups is 1. The molecule has 0 aliphatic heterocycles. The van der Waals surface area contributed by atoms with E-state index in [2.05, 4.69) is 57.2 Å². The number of hydrogen-bond donors (Lipinski definition) is 1. The van der Waals surface area contributed by atoms with Crippen LogP contribution in [0.25, 0.3) is 10.9 Å². The molecule has 3 rings (SSSR count). The number of esters is 1. The third kappa shape index (κ3) is 7.05. The molecule has 2 aromatic carbocycles. The second-order valence-corrected chi connectivity index (χ2v) is 18.1. The molecule has 3 aromatic rings. The van der Waals surface area contributed by atoms with Crippen LogP contribution in [0.2, 0.25) is 18.1 Å². The van der Waals surface area contributed by atoms with Crippen LogP contribution in [0.5, 0.6) is 0 Å². The molecule has 0 saturated carbocycles. The van der Waals surface area contributed by atoms with Gasteiger partial charge in [-0.3, -0.25) is 4.79 Å². The molecule has 0 aliphatic carbocycles. The number of fused-ring (bicyclic) bond motifs is 1. The van der Waals surface area contributed by atoms with Crippen molar-refractivity contribution < 1.29 is 18.7 Å². The standard InChI is InChI=1S/C32H43FINO4Si/c1-9-39-30(37)25-20-35(27(31(2,3)4)15-16-32(5,6)40(7,8)38)26-14-13-21(18-24(26)29(25)36)17-22-11-10-12-23(19-34)28(22)33/h10-14,18,20,27,38H,9,15-17,19H2,1-8H3/t27-/m1/s1. The first-order chi connectivity index (χ1) is 18.5. The monoisotopic (exact) mass is 679 g/mol. The first kappa shape index (κ1) is 32.5. The molecular formula is C32H43FINO4Si. The molecule has 1 aromatic heterocycles. The summed E-state index contributed by atoms with van der Waals surface area (Å²) >= 11 is 2.15. The summed E-state index contributed by atoms with van der Waals surface area (Å²) in [7, 11) is -2.43. The molecule has 0 aliphatic rings. The molecule has 8 heteroatoms. The lowest BCUT2D eigenvalue weighted by Crippen LogP contribution is -2.40. The van der Waals surface area contributed by atoms with Crippen molar-refractivity contribution in [2.75, 3.05) is 6.61 Å². The van der Waals surface area contributed by atoms with Gasteiger partial charge in [-0.25, -0.2) is 9.18 Å². The Morgan fingerprint density at radius 2 is 1.77 bits per heavy atom. The molecule has 40 heavy (non-hydrogen) atoms. The van der Waals surface area contributed by atoms with E-state index in [-0.39, 0.29) is 39.9 Å². The van der Waals surface area contributed by atoms with E-state index in [9.17, 15) is 14.4 Å². The number of halogens is 2. The Labute approximate surface area is 252 Å².